The average molecular weight is 343 g/mol. The summed E-state index contributed by atoms with van der Waals surface area (Å²) in [7, 11) is 0. The van der Waals surface area contributed by atoms with Crippen LogP contribution in [0.1, 0.15) is 46.0 Å². The van der Waals surface area contributed by atoms with Crippen LogP contribution in [0.3, 0.4) is 0 Å². The maximum atomic E-state index is 12.0. The molecule has 0 saturated carbocycles. The number of rotatable bonds is 9. The molecule has 2 heterocycles. The number of nitrogens with two attached hydrogens (primary N) is 1. The average Bonchev–Trinajstić information content (AvgIpc) is 3.02. The molecule has 2 aliphatic rings. The Balaban J connectivity index is 1.60. The van der Waals surface area contributed by atoms with Gasteiger partial charge < -0.3 is 21.7 Å². The molecule has 0 spiro atoms. The second-order valence-corrected chi connectivity index (χ2v) is 8.27. The zero-order valence-electron chi connectivity index (χ0n) is 14.1. The van der Waals surface area contributed by atoms with E-state index in [1.165, 1.54) is 0 Å². The quantitative estimate of drug-likeness (QED) is 0.374. The van der Waals surface area contributed by atoms with Gasteiger partial charge in [0.05, 0.1) is 12.1 Å². The molecule has 0 aromatic rings. The first-order valence-electron chi connectivity index (χ1n) is 8.67. The normalized spacial score (nSPS) is 27.5. The van der Waals surface area contributed by atoms with E-state index in [-0.39, 0.29) is 30.1 Å². The van der Waals surface area contributed by atoms with E-state index >= 15 is 0 Å². The molecule has 23 heavy (non-hydrogen) atoms. The first-order valence-corrected chi connectivity index (χ1v) is 9.72. The van der Waals surface area contributed by atoms with E-state index in [0.717, 1.165) is 31.4 Å². The predicted octanol–water partition coefficient (Wildman–Crippen LogP) is 1.20. The fourth-order valence-electron chi connectivity index (χ4n) is 3.36. The topological polar surface area (TPSA) is 96.2 Å². The Bertz CT molecular complexity index is 419. The minimum Gasteiger partial charge on any atom is -0.352 e. The van der Waals surface area contributed by atoms with Crippen molar-refractivity contribution in [3.8, 4) is 0 Å². The van der Waals surface area contributed by atoms with Gasteiger partial charge in [0.1, 0.15) is 0 Å². The lowest BCUT2D eigenvalue weighted by molar-refractivity contribution is -0.121. The molecular formula is C16H30N4O2S. The largest absolute Gasteiger partial charge is 0.352 e. The molecule has 0 aromatic heterocycles. The van der Waals surface area contributed by atoms with Gasteiger partial charge in [-0.25, -0.2) is 4.79 Å². The molecule has 2 aliphatic heterocycles. The van der Waals surface area contributed by atoms with Gasteiger partial charge >= 0.3 is 6.03 Å². The van der Waals surface area contributed by atoms with E-state index in [0.29, 0.717) is 24.1 Å². The van der Waals surface area contributed by atoms with Crippen molar-refractivity contribution in [2.75, 3.05) is 12.3 Å². The summed E-state index contributed by atoms with van der Waals surface area (Å²) >= 11 is 1.92. The second-order valence-electron chi connectivity index (χ2n) is 7.00. The third-order valence-electron chi connectivity index (χ3n) is 4.49. The zero-order valence-corrected chi connectivity index (χ0v) is 15.0. The third kappa shape index (κ3) is 5.57. The van der Waals surface area contributed by atoms with Crippen LogP contribution in [0.2, 0.25) is 0 Å². The predicted molar refractivity (Wildman–Crippen MR) is 94.4 cm³/mol. The van der Waals surface area contributed by atoms with Crippen molar-refractivity contribution >= 4 is 23.7 Å². The molecule has 0 aromatic carbocycles. The summed E-state index contributed by atoms with van der Waals surface area (Å²) < 4.78 is 0. The SMILES string of the molecule is CC(C)CC(CN)NC(=O)CCCC[C@@H]1SC[C@@H]2NC(=O)N[C@@H]21. The highest BCUT2D eigenvalue weighted by Crippen LogP contribution is 2.33. The van der Waals surface area contributed by atoms with Gasteiger partial charge in [0, 0.05) is 30.0 Å². The highest BCUT2D eigenvalue weighted by molar-refractivity contribution is 8.00. The van der Waals surface area contributed by atoms with Crippen LogP contribution < -0.4 is 21.7 Å². The highest BCUT2D eigenvalue weighted by Gasteiger charge is 2.42. The van der Waals surface area contributed by atoms with Crippen molar-refractivity contribution in [3.05, 3.63) is 0 Å². The van der Waals surface area contributed by atoms with Crippen LogP contribution in [0.5, 0.6) is 0 Å². The summed E-state index contributed by atoms with van der Waals surface area (Å²) in [4.78, 5) is 23.3. The van der Waals surface area contributed by atoms with Gasteiger partial charge in [-0.3, -0.25) is 4.79 Å². The molecule has 0 bridgehead atoms. The molecule has 0 aliphatic carbocycles. The Labute approximate surface area is 143 Å². The number of thioether (sulfide) groups is 1. The van der Waals surface area contributed by atoms with Crippen LogP contribution in [0, 0.1) is 5.92 Å². The van der Waals surface area contributed by atoms with Crippen LogP contribution in [0.15, 0.2) is 0 Å². The van der Waals surface area contributed by atoms with E-state index in [9.17, 15) is 9.59 Å². The maximum absolute atomic E-state index is 12.0. The molecule has 7 heteroatoms. The molecule has 5 N–H and O–H groups in total. The van der Waals surface area contributed by atoms with Crippen LogP contribution in [-0.2, 0) is 4.79 Å². The number of carbonyl (C=O) groups excluding carboxylic acids is 2. The summed E-state index contributed by atoms with van der Waals surface area (Å²) in [5.41, 5.74) is 5.71. The van der Waals surface area contributed by atoms with E-state index < -0.39 is 0 Å². The van der Waals surface area contributed by atoms with E-state index in [1.54, 1.807) is 0 Å². The zero-order chi connectivity index (χ0) is 16.8. The first-order chi connectivity index (χ1) is 11.0. The molecule has 0 radical (unpaired) electrons. The van der Waals surface area contributed by atoms with Gasteiger partial charge in [0.25, 0.3) is 0 Å². The van der Waals surface area contributed by atoms with Gasteiger partial charge in [0.2, 0.25) is 5.91 Å². The summed E-state index contributed by atoms with van der Waals surface area (Å²) in [5, 5.41) is 9.46. The molecule has 4 atom stereocenters. The molecule has 1 unspecified atom stereocenters. The van der Waals surface area contributed by atoms with Crippen molar-refractivity contribution in [2.24, 2.45) is 11.7 Å². The first kappa shape index (κ1) is 18.4. The Morgan fingerprint density at radius 1 is 1.39 bits per heavy atom. The molecular weight excluding hydrogens is 312 g/mol. The Morgan fingerprint density at radius 3 is 2.87 bits per heavy atom. The minimum absolute atomic E-state index is 0.0392. The molecule has 2 rings (SSSR count). The number of urea groups is 1. The summed E-state index contributed by atoms with van der Waals surface area (Å²) in [6.45, 7) is 4.77. The van der Waals surface area contributed by atoms with Crippen molar-refractivity contribution in [1.82, 2.24) is 16.0 Å². The monoisotopic (exact) mass is 342 g/mol. The number of unbranched alkanes of at least 4 members (excludes halogenated alkanes) is 1. The number of fused-ring (bicyclic) bond motifs is 1. The van der Waals surface area contributed by atoms with E-state index in [2.05, 4.69) is 29.8 Å². The van der Waals surface area contributed by atoms with Crippen LogP contribution in [-0.4, -0.2) is 47.6 Å². The smallest absolute Gasteiger partial charge is 0.315 e. The molecule has 2 fully saturated rings. The van der Waals surface area contributed by atoms with Crippen molar-refractivity contribution in [1.29, 1.82) is 0 Å². The standard InChI is InChI=1S/C16H30N4O2S/c1-10(2)7-11(8-17)18-14(21)6-4-3-5-13-15-12(9-23-13)19-16(22)20-15/h10-13,15H,3-9,17H2,1-2H3,(H,18,21)(H2,19,20,22)/t11?,12-,13-,15-/m0/s1. The van der Waals surface area contributed by atoms with Gasteiger partial charge in [0.15, 0.2) is 0 Å². The second kappa shape index (κ2) is 8.78. The van der Waals surface area contributed by atoms with Gasteiger partial charge in [-0.15, -0.1) is 0 Å². The molecule has 6 nitrogen and oxygen atoms in total. The summed E-state index contributed by atoms with van der Waals surface area (Å²) in [6.07, 6.45) is 4.44. The van der Waals surface area contributed by atoms with Crippen molar-refractivity contribution in [3.63, 3.8) is 0 Å². The van der Waals surface area contributed by atoms with Crippen molar-refractivity contribution < 1.29 is 9.59 Å². The van der Waals surface area contributed by atoms with Crippen LogP contribution >= 0.6 is 11.8 Å². The lowest BCUT2D eigenvalue weighted by Crippen LogP contribution is -2.41. The van der Waals surface area contributed by atoms with Crippen molar-refractivity contribution in [2.45, 2.75) is 69.3 Å². The Kier molecular flexibility index (Phi) is 7.02. The maximum Gasteiger partial charge on any atom is 0.315 e. The summed E-state index contributed by atoms with van der Waals surface area (Å²) in [6, 6.07) is 0.590. The third-order valence-corrected chi connectivity index (χ3v) is 5.99. The molecule has 2 saturated heterocycles. The number of nitrogens with one attached hydrogen (secondary N) is 3. The van der Waals surface area contributed by atoms with Gasteiger partial charge in [-0.1, -0.05) is 20.3 Å². The van der Waals surface area contributed by atoms with Gasteiger partial charge in [-0.2, -0.15) is 11.8 Å². The Morgan fingerprint density at radius 2 is 2.17 bits per heavy atom. The fourth-order valence-corrected chi connectivity index (χ4v) is 4.90. The Hall–Kier alpha value is -0.950. The van der Waals surface area contributed by atoms with Crippen LogP contribution in [0.25, 0.3) is 0 Å². The van der Waals surface area contributed by atoms with Gasteiger partial charge in [-0.05, 0) is 25.2 Å². The summed E-state index contributed by atoms with van der Waals surface area (Å²) in [5.74, 6) is 1.63. The van der Waals surface area contributed by atoms with E-state index in [1.807, 2.05) is 11.8 Å². The number of hydrogen-bond donors (Lipinski definition) is 4. The fraction of sp³-hybridized carbons (Fsp3) is 0.875. The lowest BCUT2D eigenvalue weighted by Gasteiger charge is -2.19. The number of amides is 3. The highest BCUT2D eigenvalue weighted by atomic mass is 32.2. The lowest BCUT2D eigenvalue weighted by atomic mass is 10.0. The number of carbonyl (C=O) groups is 2. The number of hydrogen-bond acceptors (Lipinski definition) is 4. The molecule has 3 amide bonds. The van der Waals surface area contributed by atoms with E-state index in [4.69, 9.17) is 5.73 Å². The van der Waals surface area contributed by atoms with Crippen LogP contribution in [0.4, 0.5) is 4.79 Å². The molecule has 132 valence electrons. The minimum atomic E-state index is -0.0392.